The van der Waals surface area contributed by atoms with Crippen LogP contribution in [0.2, 0.25) is 0 Å². The van der Waals surface area contributed by atoms with E-state index in [0.717, 1.165) is 23.8 Å². The van der Waals surface area contributed by atoms with Gasteiger partial charge in [0.2, 0.25) is 5.55 Å². The van der Waals surface area contributed by atoms with Crippen LogP contribution in [0.5, 0.6) is 0 Å². The van der Waals surface area contributed by atoms with Crippen molar-refractivity contribution >= 4 is 27.8 Å². The molecule has 3 aromatic rings. The molecule has 0 atom stereocenters. The van der Waals surface area contributed by atoms with Crippen molar-refractivity contribution in [2.75, 3.05) is 6.54 Å². The average Bonchev–Trinajstić information content (AvgIpc) is 2.76. The highest BCUT2D eigenvalue weighted by Gasteiger charge is 2.15. The molecule has 172 valence electrons. The van der Waals surface area contributed by atoms with Crippen molar-refractivity contribution in [3.05, 3.63) is 51.4 Å². The highest BCUT2D eigenvalue weighted by molar-refractivity contribution is 6.05. The monoisotopic (exact) mass is 438 g/mol. The number of carbonyl (C=O) groups excluding carboxylic acids is 1. The predicted molar refractivity (Wildman–Crippen MR) is 127 cm³/mol. The molecule has 0 unspecified atom stereocenters. The first-order valence-electron chi connectivity index (χ1n) is 11.9. The molecule has 32 heavy (non-hydrogen) atoms. The van der Waals surface area contributed by atoms with Crippen LogP contribution in [0.25, 0.3) is 21.9 Å². The van der Waals surface area contributed by atoms with Gasteiger partial charge in [-0.1, -0.05) is 64.7 Å². The van der Waals surface area contributed by atoms with Gasteiger partial charge in [0.25, 0.3) is 5.91 Å². The molecule has 0 aliphatic carbocycles. The summed E-state index contributed by atoms with van der Waals surface area (Å²) in [5, 5.41) is 12.3. The summed E-state index contributed by atoms with van der Waals surface area (Å²) in [5.74, 6) is -0.344. The van der Waals surface area contributed by atoms with Gasteiger partial charge in [-0.05, 0) is 37.1 Å². The van der Waals surface area contributed by atoms with E-state index in [1.54, 1.807) is 18.2 Å². The van der Waals surface area contributed by atoms with E-state index in [-0.39, 0.29) is 17.0 Å². The van der Waals surface area contributed by atoms with Crippen LogP contribution in [-0.4, -0.2) is 12.5 Å². The Labute approximate surface area is 188 Å². The van der Waals surface area contributed by atoms with Crippen LogP contribution in [0.4, 0.5) is 0 Å². The summed E-state index contributed by atoms with van der Waals surface area (Å²) in [5.41, 5.74) is 1.06. The molecule has 0 spiro atoms. The van der Waals surface area contributed by atoms with Crippen molar-refractivity contribution in [1.82, 2.24) is 5.32 Å². The van der Waals surface area contributed by atoms with Crippen LogP contribution >= 0.6 is 0 Å². The molecule has 2 N–H and O–H groups in total. The van der Waals surface area contributed by atoms with Gasteiger partial charge in [-0.15, -0.1) is 0 Å². The summed E-state index contributed by atoms with van der Waals surface area (Å²) in [6.45, 7) is 4.64. The summed E-state index contributed by atoms with van der Waals surface area (Å²) < 4.78 is 10.9. The highest BCUT2D eigenvalue weighted by Crippen LogP contribution is 2.26. The fourth-order valence-electron chi connectivity index (χ4n) is 4.07. The van der Waals surface area contributed by atoms with E-state index in [2.05, 4.69) is 12.2 Å². The number of nitrogens with one attached hydrogen (secondary N) is 2. The fraction of sp³-hybridized carbons (Fsp3) is 0.500. The molecule has 0 saturated carbocycles. The summed E-state index contributed by atoms with van der Waals surface area (Å²) in [6, 6.07) is 6.54. The maximum atomic E-state index is 12.7. The molecule has 0 radical (unpaired) electrons. The predicted octanol–water partition coefficient (Wildman–Crippen LogP) is 5.98. The minimum Gasteiger partial charge on any atom is -0.438 e. The van der Waals surface area contributed by atoms with E-state index in [4.69, 9.17) is 14.2 Å². The molecule has 0 fully saturated rings. The highest BCUT2D eigenvalue weighted by atomic mass is 16.4. The van der Waals surface area contributed by atoms with Gasteiger partial charge in [-0.3, -0.25) is 10.2 Å². The maximum absolute atomic E-state index is 12.7. The number of amides is 1. The second-order valence-electron chi connectivity index (χ2n) is 8.53. The van der Waals surface area contributed by atoms with Gasteiger partial charge < -0.3 is 14.2 Å². The van der Waals surface area contributed by atoms with Gasteiger partial charge >= 0.3 is 5.63 Å². The van der Waals surface area contributed by atoms with E-state index < -0.39 is 5.63 Å². The maximum Gasteiger partial charge on any atom is 0.336 e. The number of rotatable bonds is 12. The zero-order chi connectivity index (χ0) is 22.9. The normalized spacial score (nSPS) is 11.3. The lowest BCUT2D eigenvalue weighted by atomic mass is 10.1. The summed E-state index contributed by atoms with van der Waals surface area (Å²) in [7, 11) is 0. The summed E-state index contributed by atoms with van der Waals surface area (Å²) in [6.07, 6.45) is 12.4. The smallest absolute Gasteiger partial charge is 0.336 e. The Morgan fingerprint density at radius 1 is 0.906 bits per heavy atom. The SMILES string of the molecule is CCCCCCCCCCCCNC(=O)c1cc2c(ccc3c(C)cc(=O)oc32)oc1=N. The molecule has 0 aliphatic heterocycles. The lowest BCUT2D eigenvalue weighted by Gasteiger charge is -2.08. The topological polar surface area (TPSA) is 96.3 Å². The van der Waals surface area contributed by atoms with Crippen LogP contribution in [0.1, 0.15) is 87.1 Å². The van der Waals surface area contributed by atoms with E-state index in [1.807, 2.05) is 6.92 Å². The molecule has 6 nitrogen and oxygen atoms in total. The number of hydrogen-bond donors (Lipinski definition) is 2. The van der Waals surface area contributed by atoms with Gasteiger partial charge in [0.15, 0.2) is 0 Å². The van der Waals surface area contributed by atoms with Crippen LogP contribution in [-0.2, 0) is 0 Å². The van der Waals surface area contributed by atoms with Gasteiger partial charge in [-0.2, -0.15) is 0 Å². The Morgan fingerprint density at radius 2 is 1.56 bits per heavy atom. The molecule has 3 rings (SSSR count). The van der Waals surface area contributed by atoms with E-state index in [0.29, 0.717) is 23.1 Å². The van der Waals surface area contributed by atoms with Crippen LogP contribution in [0.3, 0.4) is 0 Å². The first-order chi connectivity index (χ1) is 15.5. The summed E-state index contributed by atoms with van der Waals surface area (Å²) >= 11 is 0. The van der Waals surface area contributed by atoms with Crippen LogP contribution in [0, 0.1) is 12.3 Å². The Balaban J connectivity index is 1.55. The van der Waals surface area contributed by atoms with Crippen LogP contribution < -0.4 is 16.5 Å². The Morgan fingerprint density at radius 3 is 2.25 bits per heavy atom. The minimum atomic E-state index is -0.454. The second kappa shape index (κ2) is 11.7. The molecular formula is C26H34N2O4. The van der Waals surface area contributed by atoms with Gasteiger partial charge in [0.05, 0.1) is 5.39 Å². The molecule has 2 heterocycles. The standard InChI is InChI=1S/C26H34N2O4/c1-3-4-5-6-7-8-9-10-11-12-15-28-26(30)21-17-20-22(31-25(21)27)14-13-19-18(2)16-23(29)32-24(19)20/h13-14,16-17,27H,3-12,15H2,1-2H3,(H,28,30). The van der Waals surface area contributed by atoms with Crippen molar-refractivity contribution in [3.63, 3.8) is 0 Å². The molecule has 0 saturated heterocycles. The number of fused-ring (bicyclic) bond motifs is 3. The second-order valence-corrected chi connectivity index (χ2v) is 8.53. The van der Waals surface area contributed by atoms with E-state index in [9.17, 15) is 9.59 Å². The van der Waals surface area contributed by atoms with Crippen LogP contribution in [0.15, 0.2) is 37.9 Å². The number of hydrogen-bond acceptors (Lipinski definition) is 5. The van der Waals surface area contributed by atoms with Crippen molar-refractivity contribution in [3.8, 4) is 0 Å². The third-order valence-corrected chi connectivity index (χ3v) is 5.92. The van der Waals surface area contributed by atoms with Crippen molar-refractivity contribution in [2.45, 2.75) is 78.1 Å². The minimum absolute atomic E-state index is 0.140. The quantitative estimate of drug-likeness (QED) is 0.207. The Kier molecular flexibility index (Phi) is 8.65. The molecule has 0 aliphatic rings. The van der Waals surface area contributed by atoms with Gasteiger partial charge in [0.1, 0.15) is 16.7 Å². The Hall–Kier alpha value is -2.89. The van der Waals surface area contributed by atoms with E-state index in [1.165, 1.54) is 57.4 Å². The number of carbonyl (C=O) groups is 1. The first kappa shape index (κ1) is 23.8. The number of unbranched alkanes of at least 4 members (excludes halogenated alkanes) is 9. The molecule has 2 aromatic heterocycles. The lowest BCUT2D eigenvalue weighted by Crippen LogP contribution is -2.29. The first-order valence-corrected chi connectivity index (χ1v) is 11.9. The molecule has 0 bridgehead atoms. The van der Waals surface area contributed by atoms with E-state index >= 15 is 0 Å². The Bertz CT molecular complexity index is 1180. The number of benzene rings is 1. The zero-order valence-electron chi connectivity index (χ0n) is 19.2. The van der Waals surface area contributed by atoms with Gasteiger partial charge in [0, 0.05) is 18.0 Å². The molecule has 1 aromatic carbocycles. The van der Waals surface area contributed by atoms with Crippen molar-refractivity contribution in [1.29, 1.82) is 5.41 Å². The average molecular weight is 439 g/mol. The largest absolute Gasteiger partial charge is 0.438 e. The molecular weight excluding hydrogens is 404 g/mol. The number of aryl methyl sites for hydroxylation is 1. The van der Waals surface area contributed by atoms with Crippen molar-refractivity contribution < 1.29 is 13.6 Å². The lowest BCUT2D eigenvalue weighted by molar-refractivity contribution is 0.0948. The van der Waals surface area contributed by atoms with Gasteiger partial charge in [-0.25, -0.2) is 4.79 Å². The molecule has 1 amide bonds. The molecule has 6 heteroatoms. The third kappa shape index (κ3) is 6.09. The summed E-state index contributed by atoms with van der Waals surface area (Å²) in [4.78, 5) is 24.5. The third-order valence-electron chi connectivity index (χ3n) is 5.92. The van der Waals surface area contributed by atoms with Crippen molar-refractivity contribution in [2.24, 2.45) is 0 Å². The zero-order valence-corrected chi connectivity index (χ0v) is 19.2. The fourth-order valence-corrected chi connectivity index (χ4v) is 4.07.